The summed E-state index contributed by atoms with van der Waals surface area (Å²) in [5.41, 5.74) is 0. The predicted molar refractivity (Wildman–Crippen MR) is 89.3 cm³/mol. The Bertz CT molecular complexity index is 606. The van der Waals surface area contributed by atoms with Gasteiger partial charge in [0.2, 0.25) is 5.95 Å². The summed E-state index contributed by atoms with van der Waals surface area (Å²) in [5, 5.41) is 11.0. The van der Waals surface area contributed by atoms with Crippen LogP contribution in [0.15, 0.2) is 17.5 Å². The SMILES string of the molecule is CCn1c(C(OC)C2CC2)nnc1N(C)C(C)c1cccs1. The second-order valence-corrected chi connectivity index (χ2v) is 6.88. The predicted octanol–water partition coefficient (Wildman–Crippen LogP) is 3.65. The lowest BCUT2D eigenvalue weighted by molar-refractivity contribution is 0.0740. The second-order valence-electron chi connectivity index (χ2n) is 5.90. The van der Waals surface area contributed by atoms with Crippen LogP contribution in [0.1, 0.15) is 49.5 Å². The number of methoxy groups -OCH3 is 1. The largest absolute Gasteiger partial charge is 0.373 e. The number of ether oxygens (including phenoxy) is 1. The normalized spacial score (nSPS) is 17.5. The van der Waals surface area contributed by atoms with Gasteiger partial charge in [-0.25, -0.2) is 0 Å². The van der Waals surface area contributed by atoms with E-state index in [1.807, 2.05) is 0 Å². The molecule has 0 saturated heterocycles. The van der Waals surface area contributed by atoms with Crippen LogP contribution in [-0.4, -0.2) is 28.9 Å². The lowest BCUT2D eigenvalue weighted by atomic mass is 10.2. The number of hydrogen-bond acceptors (Lipinski definition) is 5. The molecule has 22 heavy (non-hydrogen) atoms. The molecule has 2 atom stereocenters. The van der Waals surface area contributed by atoms with Crippen LogP contribution in [0.2, 0.25) is 0 Å². The average Bonchev–Trinajstić information content (AvgIpc) is 3.06. The summed E-state index contributed by atoms with van der Waals surface area (Å²) in [6.45, 7) is 5.19. The van der Waals surface area contributed by atoms with Gasteiger partial charge in [-0.2, -0.15) is 0 Å². The number of anilines is 1. The molecule has 0 spiro atoms. The van der Waals surface area contributed by atoms with Gasteiger partial charge in [-0.3, -0.25) is 4.57 Å². The maximum absolute atomic E-state index is 5.69. The minimum atomic E-state index is 0.0756. The fraction of sp³-hybridized carbons (Fsp3) is 0.625. The highest BCUT2D eigenvalue weighted by Crippen LogP contribution is 2.43. The Balaban J connectivity index is 1.88. The van der Waals surface area contributed by atoms with Crippen molar-refractivity contribution in [1.82, 2.24) is 14.8 Å². The van der Waals surface area contributed by atoms with E-state index in [4.69, 9.17) is 4.74 Å². The molecule has 0 N–H and O–H groups in total. The summed E-state index contributed by atoms with van der Waals surface area (Å²) in [7, 11) is 3.86. The Morgan fingerprint density at radius 3 is 2.77 bits per heavy atom. The van der Waals surface area contributed by atoms with Crippen molar-refractivity contribution < 1.29 is 4.74 Å². The van der Waals surface area contributed by atoms with Crippen molar-refractivity contribution in [2.45, 2.75) is 45.4 Å². The van der Waals surface area contributed by atoms with Crippen molar-refractivity contribution >= 4 is 17.3 Å². The fourth-order valence-electron chi connectivity index (χ4n) is 2.88. The van der Waals surface area contributed by atoms with Gasteiger partial charge >= 0.3 is 0 Å². The standard InChI is InChI=1S/C16H24N4OS/c1-5-20-15(14(21-4)12-8-9-12)17-18-16(20)19(3)11(2)13-7-6-10-22-13/h6-7,10-12,14H,5,8-9H2,1-4H3. The molecular formula is C16H24N4OS. The van der Waals surface area contributed by atoms with Gasteiger partial charge in [-0.05, 0) is 44.1 Å². The van der Waals surface area contributed by atoms with Gasteiger partial charge in [0.25, 0.3) is 0 Å². The highest BCUT2D eigenvalue weighted by Gasteiger charge is 2.36. The third kappa shape index (κ3) is 2.77. The number of rotatable bonds is 7. The average molecular weight is 320 g/mol. The lowest BCUT2D eigenvalue weighted by Gasteiger charge is -2.26. The number of aromatic nitrogens is 3. The Morgan fingerprint density at radius 1 is 1.45 bits per heavy atom. The molecule has 2 aromatic rings. The Hall–Kier alpha value is -1.40. The first-order valence-electron chi connectivity index (χ1n) is 7.89. The summed E-state index contributed by atoms with van der Waals surface area (Å²) in [4.78, 5) is 3.53. The van der Waals surface area contributed by atoms with Gasteiger partial charge in [0.1, 0.15) is 6.10 Å². The zero-order valence-electron chi connectivity index (χ0n) is 13.7. The first-order valence-corrected chi connectivity index (χ1v) is 8.77. The van der Waals surface area contributed by atoms with Gasteiger partial charge in [0.15, 0.2) is 5.82 Å². The minimum Gasteiger partial charge on any atom is -0.373 e. The third-order valence-electron chi connectivity index (χ3n) is 4.49. The Labute approximate surface area is 135 Å². The van der Waals surface area contributed by atoms with Crippen LogP contribution in [0, 0.1) is 5.92 Å². The molecule has 6 heteroatoms. The summed E-state index contributed by atoms with van der Waals surface area (Å²) in [6.07, 6.45) is 2.53. The third-order valence-corrected chi connectivity index (χ3v) is 5.53. The highest BCUT2D eigenvalue weighted by atomic mass is 32.1. The van der Waals surface area contributed by atoms with E-state index in [1.165, 1.54) is 17.7 Å². The molecule has 120 valence electrons. The minimum absolute atomic E-state index is 0.0756. The molecule has 0 aromatic carbocycles. The molecule has 0 radical (unpaired) electrons. The highest BCUT2D eigenvalue weighted by molar-refractivity contribution is 7.10. The number of nitrogens with zero attached hydrogens (tertiary/aromatic N) is 4. The maximum atomic E-state index is 5.69. The second kappa shape index (κ2) is 6.38. The van der Waals surface area contributed by atoms with Gasteiger partial charge < -0.3 is 9.64 Å². The van der Waals surface area contributed by atoms with Crippen molar-refractivity contribution in [1.29, 1.82) is 0 Å². The molecule has 0 aliphatic heterocycles. The van der Waals surface area contributed by atoms with Crippen molar-refractivity contribution in [3.8, 4) is 0 Å². The fourth-order valence-corrected chi connectivity index (χ4v) is 3.71. The van der Waals surface area contributed by atoms with E-state index in [-0.39, 0.29) is 12.1 Å². The van der Waals surface area contributed by atoms with Gasteiger partial charge in [0, 0.05) is 25.6 Å². The maximum Gasteiger partial charge on any atom is 0.227 e. The molecule has 5 nitrogen and oxygen atoms in total. The van der Waals surface area contributed by atoms with E-state index in [9.17, 15) is 0 Å². The van der Waals surface area contributed by atoms with Crippen LogP contribution in [0.25, 0.3) is 0 Å². The molecule has 3 rings (SSSR count). The quantitative estimate of drug-likeness (QED) is 0.781. The molecule has 2 unspecified atom stereocenters. The van der Waals surface area contributed by atoms with Crippen molar-refractivity contribution in [3.63, 3.8) is 0 Å². The lowest BCUT2D eigenvalue weighted by Crippen LogP contribution is -2.25. The Kier molecular flexibility index (Phi) is 4.49. The molecule has 1 aliphatic rings. The van der Waals surface area contributed by atoms with Crippen LogP contribution in [0.4, 0.5) is 5.95 Å². The zero-order valence-corrected chi connectivity index (χ0v) is 14.5. The molecule has 2 heterocycles. The van der Waals surface area contributed by atoms with Crippen LogP contribution >= 0.6 is 11.3 Å². The van der Waals surface area contributed by atoms with Crippen molar-refractivity contribution in [2.24, 2.45) is 5.92 Å². The monoisotopic (exact) mass is 320 g/mol. The number of hydrogen-bond donors (Lipinski definition) is 0. The molecule has 1 fully saturated rings. The van der Waals surface area contributed by atoms with Gasteiger partial charge in [0.05, 0.1) is 6.04 Å². The van der Waals surface area contributed by atoms with E-state index in [1.54, 1.807) is 18.4 Å². The molecule has 2 aromatic heterocycles. The van der Waals surface area contributed by atoms with E-state index in [0.29, 0.717) is 5.92 Å². The summed E-state index contributed by atoms with van der Waals surface area (Å²) < 4.78 is 7.88. The summed E-state index contributed by atoms with van der Waals surface area (Å²) in [5.74, 6) is 2.49. The molecule has 0 bridgehead atoms. The number of thiophene rings is 1. The van der Waals surface area contributed by atoms with Gasteiger partial charge in [-0.15, -0.1) is 21.5 Å². The molecule has 1 aliphatic carbocycles. The van der Waals surface area contributed by atoms with E-state index < -0.39 is 0 Å². The summed E-state index contributed by atoms with van der Waals surface area (Å²) >= 11 is 1.78. The van der Waals surface area contributed by atoms with Gasteiger partial charge in [-0.1, -0.05) is 6.07 Å². The zero-order chi connectivity index (χ0) is 15.7. The van der Waals surface area contributed by atoms with Crippen LogP contribution in [0.5, 0.6) is 0 Å². The van der Waals surface area contributed by atoms with Crippen molar-refractivity contribution in [2.75, 3.05) is 19.1 Å². The van der Waals surface area contributed by atoms with E-state index in [2.05, 4.69) is 58.1 Å². The van der Waals surface area contributed by atoms with Crippen molar-refractivity contribution in [3.05, 3.63) is 28.2 Å². The topological polar surface area (TPSA) is 43.2 Å². The molecular weight excluding hydrogens is 296 g/mol. The first kappa shape index (κ1) is 15.5. The molecule has 0 amide bonds. The van der Waals surface area contributed by atoms with Crippen LogP contribution in [0.3, 0.4) is 0 Å². The van der Waals surface area contributed by atoms with Crippen LogP contribution < -0.4 is 4.90 Å². The Morgan fingerprint density at radius 2 is 2.23 bits per heavy atom. The van der Waals surface area contributed by atoms with Crippen LogP contribution in [-0.2, 0) is 11.3 Å². The first-order chi connectivity index (χ1) is 10.7. The smallest absolute Gasteiger partial charge is 0.227 e. The molecule has 1 saturated carbocycles. The summed E-state index contributed by atoms with van der Waals surface area (Å²) in [6, 6.07) is 4.54. The van der Waals surface area contributed by atoms with E-state index >= 15 is 0 Å². The van der Waals surface area contributed by atoms with E-state index in [0.717, 1.165) is 18.3 Å².